The Balaban J connectivity index is 2.67. The summed E-state index contributed by atoms with van der Waals surface area (Å²) in [7, 11) is 1.36. The zero-order valence-electron chi connectivity index (χ0n) is 7.89. The maximum absolute atomic E-state index is 11.3. The second-order valence-electron chi connectivity index (χ2n) is 2.88. The molecule has 0 unspecified atom stereocenters. The standard InChI is InChI=1S/C9H9N3O2/c1-6-7(9(13)14-2)3-4-8-11-10-5-12(6)8/h3-5H,1-2H3. The van der Waals surface area contributed by atoms with Gasteiger partial charge in [-0.25, -0.2) is 4.79 Å². The van der Waals surface area contributed by atoms with Gasteiger partial charge in [0.15, 0.2) is 5.65 Å². The number of aromatic nitrogens is 3. The van der Waals surface area contributed by atoms with Crippen LogP contribution >= 0.6 is 0 Å². The second-order valence-corrected chi connectivity index (χ2v) is 2.88. The van der Waals surface area contributed by atoms with E-state index in [-0.39, 0.29) is 5.97 Å². The van der Waals surface area contributed by atoms with E-state index in [0.29, 0.717) is 5.56 Å². The third-order valence-electron chi connectivity index (χ3n) is 2.13. The molecule has 0 saturated heterocycles. The van der Waals surface area contributed by atoms with Crippen LogP contribution in [0.5, 0.6) is 0 Å². The lowest BCUT2D eigenvalue weighted by atomic mass is 10.2. The van der Waals surface area contributed by atoms with Crippen molar-refractivity contribution in [3.63, 3.8) is 0 Å². The van der Waals surface area contributed by atoms with Gasteiger partial charge >= 0.3 is 5.97 Å². The molecule has 0 radical (unpaired) electrons. The SMILES string of the molecule is COC(=O)c1ccc2nncn2c1C. The highest BCUT2D eigenvalue weighted by atomic mass is 16.5. The highest BCUT2D eigenvalue weighted by Gasteiger charge is 2.11. The Morgan fingerprint density at radius 3 is 3.00 bits per heavy atom. The molecule has 2 rings (SSSR count). The van der Waals surface area contributed by atoms with E-state index in [1.807, 2.05) is 6.92 Å². The van der Waals surface area contributed by atoms with Crippen molar-refractivity contribution in [2.75, 3.05) is 7.11 Å². The average molecular weight is 191 g/mol. The number of carbonyl (C=O) groups is 1. The van der Waals surface area contributed by atoms with Gasteiger partial charge in [-0.1, -0.05) is 0 Å². The molecule has 0 N–H and O–H groups in total. The minimum absolute atomic E-state index is 0.349. The monoisotopic (exact) mass is 191 g/mol. The zero-order valence-corrected chi connectivity index (χ0v) is 7.89. The molecule has 0 aliphatic carbocycles. The average Bonchev–Trinajstić information content (AvgIpc) is 2.66. The molecule has 0 bridgehead atoms. The van der Waals surface area contributed by atoms with E-state index in [1.165, 1.54) is 7.11 Å². The van der Waals surface area contributed by atoms with Crippen molar-refractivity contribution in [1.29, 1.82) is 0 Å². The molecule has 0 spiro atoms. The Bertz CT molecular complexity index is 490. The summed E-state index contributed by atoms with van der Waals surface area (Å²) in [6, 6.07) is 3.41. The van der Waals surface area contributed by atoms with Crippen LogP contribution < -0.4 is 0 Å². The molecular formula is C9H9N3O2. The van der Waals surface area contributed by atoms with Gasteiger partial charge in [0.05, 0.1) is 12.7 Å². The van der Waals surface area contributed by atoms with Crippen molar-refractivity contribution >= 4 is 11.6 Å². The summed E-state index contributed by atoms with van der Waals surface area (Å²) in [6.07, 6.45) is 1.57. The summed E-state index contributed by atoms with van der Waals surface area (Å²) in [6.45, 7) is 1.82. The lowest BCUT2D eigenvalue weighted by Crippen LogP contribution is -2.06. The third-order valence-corrected chi connectivity index (χ3v) is 2.13. The van der Waals surface area contributed by atoms with Gasteiger partial charge in [0, 0.05) is 5.69 Å². The van der Waals surface area contributed by atoms with Crippen LogP contribution in [0.4, 0.5) is 0 Å². The summed E-state index contributed by atoms with van der Waals surface area (Å²) < 4.78 is 6.39. The highest BCUT2D eigenvalue weighted by Crippen LogP contribution is 2.11. The topological polar surface area (TPSA) is 56.5 Å². The zero-order chi connectivity index (χ0) is 10.1. The first-order chi connectivity index (χ1) is 6.74. The molecule has 5 heteroatoms. The summed E-state index contributed by atoms with van der Waals surface area (Å²) in [5.74, 6) is -0.349. The molecule has 5 nitrogen and oxygen atoms in total. The Hall–Kier alpha value is -1.91. The van der Waals surface area contributed by atoms with Crippen LogP contribution in [0.2, 0.25) is 0 Å². The van der Waals surface area contributed by atoms with Gasteiger partial charge in [0.2, 0.25) is 0 Å². The molecule has 2 aromatic heterocycles. The predicted octanol–water partition coefficient (Wildman–Crippen LogP) is 0.824. The molecule has 0 aliphatic rings. The second kappa shape index (κ2) is 3.10. The van der Waals surface area contributed by atoms with Crippen LogP contribution in [-0.2, 0) is 4.74 Å². The summed E-state index contributed by atoms with van der Waals surface area (Å²) in [5.41, 5.74) is 2.02. The van der Waals surface area contributed by atoms with Crippen LogP contribution in [0.1, 0.15) is 16.1 Å². The lowest BCUT2D eigenvalue weighted by Gasteiger charge is -2.04. The molecule has 0 aromatic carbocycles. The van der Waals surface area contributed by atoms with E-state index in [2.05, 4.69) is 14.9 Å². The molecule has 2 aromatic rings. The van der Waals surface area contributed by atoms with Gasteiger partial charge in [0.1, 0.15) is 6.33 Å². The first-order valence-corrected chi connectivity index (χ1v) is 4.11. The van der Waals surface area contributed by atoms with E-state index in [1.54, 1.807) is 22.9 Å². The first-order valence-electron chi connectivity index (χ1n) is 4.11. The third kappa shape index (κ3) is 1.14. The van der Waals surface area contributed by atoms with Gasteiger partial charge in [-0.2, -0.15) is 0 Å². The molecular weight excluding hydrogens is 182 g/mol. The van der Waals surface area contributed by atoms with Gasteiger partial charge in [0.25, 0.3) is 0 Å². The summed E-state index contributed by atoms with van der Waals surface area (Å²) in [5, 5.41) is 7.62. The van der Waals surface area contributed by atoms with Gasteiger partial charge in [-0.15, -0.1) is 10.2 Å². The van der Waals surface area contributed by atoms with Crippen LogP contribution in [-0.4, -0.2) is 27.7 Å². The van der Waals surface area contributed by atoms with E-state index < -0.39 is 0 Å². The molecule has 0 aliphatic heterocycles. The number of nitrogens with zero attached hydrogens (tertiary/aromatic N) is 3. The summed E-state index contributed by atoms with van der Waals surface area (Å²) in [4.78, 5) is 11.3. The molecule has 0 fully saturated rings. The van der Waals surface area contributed by atoms with E-state index >= 15 is 0 Å². The number of esters is 1. The maximum atomic E-state index is 11.3. The smallest absolute Gasteiger partial charge is 0.339 e. The van der Waals surface area contributed by atoms with Gasteiger partial charge < -0.3 is 4.74 Å². The number of methoxy groups -OCH3 is 1. The van der Waals surface area contributed by atoms with Crippen molar-refractivity contribution < 1.29 is 9.53 Å². The van der Waals surface area contributed by atoms with E-state index in [9.17, 15) is 4.79 Å². The molecule has 2 heterocycles. The van der Waals surface area contributed by atoms with Crippen molar-refractivity contribution in [3.05, 3.63) is 29.7 Å². The number of hydrogen-bond acceptors (Lipinski definition) is 4. The molecule has 14 heavy (non-hydrogen) atoms. The van der Waals surface area contributed by atoms with Crippen molar-refractivity contribution in [2.45, 2.75) is 6.92 Å². The maximum Gasteiger partial charge on any atom is 0.339 e. The lowest BCUT2D eigenvalue weighted by molar-refractivity contribution is 0.0599. The van der Waals surface area contributed by atoms with E-state index in [0.717, 1.165) is 11.3 Å². The van der Waals surface area contributed by atoms with Crippen LogP contribution in [0.3, 0.4) is 0 Å². The highest BCUT2D eigenvalue weighted by molar-refractivity contribution is 5.90. The van der Waals surface area contributed by atoms with Crippen LogP contribution in [0, 0.1) is 6.92 Å². The van der Waals surface area contributed by atoms with Crippen molar-refractivity contribution in [2.24, 2.45) is 0 Å². The van der Waals surface area contributed by atoms with E-state index in [4.69, 9.17) is 0 Å². The Kier molecular flexibility index (Phi) is 1.92. The number of ether oxygens (including phenoxy) is 1. The first kappa shape index (κ1) is 8.68. The fraction of sp³-hybridized carbons (Fsp3) is 0.222. The van der Waals surface area contributed by atoms with Crippen LogP contribution in [0.25, 0.3) is 5.65 Å². The number of carbonyl (C=O) groups excluding carboxylic acids is 1. The number of hydrogen-bond donors (Lipinski definition) is 0. The largest absolute Gasteiger partial charge is 0.465 e. The fourth-order valence-corrected chi connectivity index (χ4v) is 1.35. The fourth-order valence-electron chi connectivity index (χ4n) is 1.35. The van der Waals surface area contributed by atoms with Gasteiger partial charge in [-0.05, 0) is 19.1 Å². The van der Waals surface area contributed by atoms with Crippen molar-refractivity contribution in [3.8, 4) is 0 Å². The minimum Gasteiger partial charge on any atom is -0.465 e. The van der Waals surface area contributed by atoms with Gasteiger partial charge in [-0.3, -0.25) is 4.40 Å². The number of aryl methyl sites for hydroxylation is 1. The minimum atomic E-state index is -0.349. The Morgan fingerprint density at radius 1 is 1.50 bits per heavy atom. The molecule has 0 atom stereocenters. The van der Waals surface area contributed by atoms with Crippen molar-refractivity contribution in [1.82, 2.24) is 14.6 Å². The molecule has 72 valence electrons. The molecule has 0 saturated carbocycles. The normalized spacial score (nSPS) is 10.4. The Morgan fingerprint density at radius 2 is 2.29 bits per heavy atom. The quantitative estimate of drug-likeness (QED) is 0.626. The summed E-state index contributed by atoms with van der Waals surface area (Å²) >= 11 is 0. The van der Waals surface area contributed by atoms with Crippen LogP contribution in [0.15, 0.2) is 18.5 Å². The predicted molar refractivity (Wildman–Crippen MR) is 49.1 cm³/mol. The number of rotatable bonds is 1. The molecule has 0 amide bonds. The Labute approximate surface area is 80.3 Å². The number of pyridine rings is 1. The number of fused-ring (bicyclic) bond motifs is 1.